The van der Waals surface area contributed by atoms with Gasteiger partial charge in [-0.05, 0) is 13.3 Å². The second kappa shape index (κ2) is 7.06. The van der Waals surface area contributed by atoms with Crippen molar-refractivity contribution in [2.24, 2.45) is 0 Å². The highest BCUT2D eigenvalue weighted by Crippen LogP contribution is 2.21. The van der Waals surface area contributed by atoms with Crippen LogP contribution in [0, 0.1) is 0 Å². The highest BCUT2D eigenvalue weighted by Gasteiger charge is 2.11. The van der Waals surface area contributed by atoms with Gasteiger partial charge in [0.05, 0.1) is 6.61 Å². The lowest BCUT2D eigenvalue weighted by Gasteiger charge is -2.17. The van der Waals surface area contributed by atoms with Crippen LogP contribution >= 0.6 is 0 Å². The average molecular weight is 238 g/mol. The number of nitrogens with one attached hydrogen (secondary N) is 2. The molecule has 17 heavy (non-hydrogen) atoms. The lowest BCUT2D eigenvalue weighted by Crippen LogP contribution is -2.22. The van der Waals surface area contributed by atoms with E-state index in [9.17, 15) is 0 Å². The van der Waals surface area contributed by atoms with E-state index in [1.807, 2.05) is 7.05 Å². The summed E-state index contributed by atoms with van der Waals surface area (Å²) in [6.07, 6.45) is 3.60. The van der Waals surface area contributed by atoms with Gasteiger partial charge in [-0.15, -0.1) is 0 Å². The topological polar surface area (TPSA) is 59.1 Å². The standard InChI is InChI=1S/C12H22N4O/c1-5-6-10-11(13-3)14-8-15-12(10)16-9(2)7-17-4/h8-9H,5-7H2,1-4H3,(H2,13,14,15,16). The second-order valence-corrected chi connectivity index (χ2v) is 4.05. The van der Waals surface area contributed by atoms with Crippen LogP contribution in [0.4, 0.5) is 11.6 Å². The molecule has 0 aliphatic carbocycles. The normalized spacial score (nSPS) is 12.2. The fraction of sp³-hybridized carbons (Fsp3) is 0.667. The minimum Gasteiger partial charge on any atom is -0.383 e. The van der Waals surface area contributed by atoms with Crippen LogP contribution in [0.15, 0.2) is 6.33 Å². The Morgan fingerprint density at radius 2 is 2.06 bits per heavy atom. The van der Waals surface area contributed by atoms with Crippen LogP contribution in [-0.2, 0) is 11.2 Å². The number of rotatable bonds is 7. The molecule has 5 heteroatoms. The molecule has 0 aromatic carbocycles. The fourth-order valence-corrected chi connectivity index (χ4v) is 1.76. The van der Waals surface area contributed by atoms with E-state index in [1.165, 1.54) is 0 Å². The van der Waals surface area contributed by atoms with Crippen molar-refractivity contribution < 1.29 is 4.74 Å². The van der Waals surface area contributed by atoms with E-state index in [0.29, 0.717) is 6.61 Å². The first kappa shape index (κ1) is 13.7. The predicted molar refractivity (Wildman–Crippen MR) is 70.5 cm³/mol. The third-order valence-electron chi connectivity index (χ3n) is 2.48. The Morgan fingerprint density at radius 1 is 1.35 bits per heavy atom. The highest BCUT2D eigenvalue weighted by atomic mass is 16.5. The molecule has 0 amide bonds. The summed E-state index contributed by atoms with van der Waals surface area (Å²) in [6, 6.07) is 0.232. The number of methoxy groups -OCH3 is 1. The molecule has 1 rings (SSSR count). The third kappa shape index (κ3) is 3.85. The summed E-state index contributed by atoms with van der Waals surface area (Å²) < 4.78 is 5.11. The first-order valence-corrected chi connectivity index (χ1v) is 6.00. The van der Waals surface area contributed by atoms with Crippen LogP contribution in [0.1, 0.15) is 25.8 Å². The van der Waals surface area contributed by atoms with Crippen molar-refractivity contribution in [2.45, 2.75) is 32.7 Å². The largest absolute Gasteiger partial charge is 0.383 e. The van der Waals surface area contributed by atoms with Gasteiger partial charge in [0.2, 0.25) is 0 Å². The first-order valence-electron chi connectivity index (χ1n) is 6.00. The minimum atomic E-state index is 0.232. The molecular formula is C12H22N4O. The van der Waals surface area contributed by atoms with Crippen molar-refractivity contribution in [3.05, 3.63) is 11.9 Å². The van der Waals surface area contributed by atoms with E-state index >= 15 is 0 Å². The lowest BCUT2D eigenvalue weighted by molar-refractivity contribution is 0.190. The zero-order valence-electron chi connectivity index (χ0n) is 11.1. The Labute approximate surface area is 103 Å². The van der Waals surface area contributed by atoms with E-state index in [-0.39, 0.29) is 6.04 Å². The van der Waals surface area contributed by atoms with Gasteiger partial charge < -0.3 is 15.4 Å². The zero-order chi connectivity index (χ0) is 12.7. The molecule has 0 spiro atoms. The van der Waals surface area contributed by atoms with Gasteiger partial charge in [0.1, 0.15) is 18.0 Å². The van der Waals surface area contributed by atoms with Crippen LogP contribution in [-0.4, -0.2) is 36.8 Å². The molecule has 0 bridgehead atoms. The van der Waals surface area contributed by atoms with E-state index in [4.69, 9.17) is 4.74 Å². The number of aromatic nitrogens is 2. The summed E-state index contributed by atoms with van der Waals surface area (Å²) in [5.74, 6) is 1.80. The fourth-order valence-electron chi connectivity index (χ4n) is 1.76. The number of ether oxygens (including phenoxy) is 1. The van der Waals surface area contributed by atoms with E-state index in [2.05, 4.69) is 34.4 Å². The van der Waals surface area contributed by atoms with Gasteiger partial charge in [0.15, 0.2) is 0 Å². The Balaban J connectivity index is 2.89. The van der Waals surface area contributed by atoms with Gasteiger partial charge in [0.25, 0.3) is 0 Å². The van der Waals surface area contributed by atoms with Gasteiger partial charge in [0, 0.05) is 25.8 Å². The molecule has 1 aromatic heterocycles. The Morgan fingerprint density at radius 3 is 2.65 bits per heavy atom. The molecule has 0 fully saturated rings. The van der Waals surface area contributed by atoms with Gasteiger partial charge in [-0.1, -0.05) is 13.3 Å². The number of anilines is 2. The van der Waals surface area contributed by atoms with Crippen molar-refractivity contribution >= 4 is 11.6 Å². The molecule has 5 nitrogen and oxygen atoms in total. The maximum atomic E-state index is 5.11. The Kier molecular flexibility index (Phi) is 5.69. The highest BCUT2D eigenvalue weighted by molar-refractivity contribution is 5.57. The molecular weight excluding hydrogens is 216 g/mol. The van der Waals surface area contributed by atoms with E-state index < -0.39 is 0 Å². The quantitative estimate of drug-likeness (QED) is 0.760. The van der Waals surface area contributed by atoms with Gasteiger partial charge in [-0.3, -0.25) is 0 Å². The van der Waals surface area contributed by atoms with Crippen molar-refractivity contribution in [3.8, 4) is 0 Å². The molecule has 0 saturated heterocycles. The molecule has 0 radical (unpaired) electrons. The van der Waals surface area contributed by atoms with Crippen LogP contribution in [0.5, 0.6) is 0 Å². The third-order valence-corrected chi connectivity index (χ3v) is 2.48. The summed E-state index contributed by atoms with van der Waals surface area (Å²) in [5.41, 5.74) is 1.14. The lowest BCUT2D eigenvalue weighted by atomic mass is 10.1. The summed E-state index contributed by atoms with van der Waals surface area (Å²) in [7, 11) is 3.58. The van der Waals surface area contributed by atoms with Crippen LogP contribution in [0.2, 0.25) is 0 Å². The number of nitrogens with zero attached hydrogens (tertiary/aromatic N) is 2. The molecule has 0 aliphatic rings. The average Bonchev–Trinajstić information content (AvgIpc) is 2.32. The first-order chi connectivity index (χ1) is 8.22. The predicted octanol–water partition coefficient (Wildman–Crippen LogP) is 1.92. The maximum absolute atomic E-state index is 5.11. The van der Waals surface area contributed by atoms with Crippen molar-refractivity contribution in [2.75, 3.05) is 31.4 Å². The SMILES string of the molecule is CCCc1c(NC)ncnc1NC(C)COC. The molecule has 96 valence electrons. The molecule has 1 aromatic rings. The Bertz CT molecular complexity index is 343. The summed E-state index contributed by atoms with van der Waals surface area (Å²) in [4.78, 5) is 8.55. The van der Waals surface area contributed by atoms with E-state index in [0.717, 1.165) is 30.0 Å². The molecule has 0 saturated carbocycles. The smallest absolute Gasteiger partial charge is 0.135 e. The number of hydrogen-bond acceptors (Lipinski definition) is 5. The van der Waals surface area contributed by atoms with Gasteiger partial charge in [-0.2, -0.15) is 0 Å². The molecule has 1 atom stereocenters. The van der Waals surface area contributed by atoms with Crippen molar-refractivity contribution in [1.82, 2.24) is 9.97 Å². The molecule has 1 unspecified atom stereocenters. The van der Waals surface area contributed by atoms with Crippen LogP contribution < -0.4 is 10.6 Å². The summed E-state index contributed by atoms with van der Waals surface area (Å²) in [5, 5.41) is 6.46. The van der Waals surface area contributed by atoms with Crippen LogP contribution in [0.25, 0.3) is 0 Å². The number of hydrogen-bond donors (Lipinski definition) is 2. The maximum Gasteiger partial charge on any atom is 0.135 e. The molecule has 0 aliphatic heterocycles. The second-order valence-electron chi connectivity index (χ2n) is 4.05. The zero-order valence-corrected chi connectivity index (χ0v) is 11.1. The molecule has 2 N–H and O–H groups in total. The van der Waals surface area contributed by atoms with Crippen molar-refractivity contribution in [1.29, 1.82) is 0 Å². The van der Waals surface area contributed by atoms with Crippen LogP contribution in [0.3, 0.4) is 0 Å². The minimum absolute atomic E-state index is 0.232. The summed E-state index contributed by atoms with van der Waals surface area (Å²) >= 11 is 0. The monoisotopic (exact) mass is 238 g/mol. The van der Waals surface area contributed by atoms with E-state index in [1.54, 1.807) is 13.4 Å². The van der Waals surface area contributed by atoms with Gasteiger partial charge in [-0.25, -0.2) is 9.97 Å². The van der Waals surface area contributed by atoms with Gasteiger partial charge >= 0.3 is 0 Å². The Hall–Kier alpha value is -1.36. The summed E-state index contributed by atoms with van der Waals surface area (Å²) in [6.45, 7) is 4.87. The molecule has 1 heterocycles. The van der Waals surface area contributed by atoms with Crippen molar-refractivity contribution in [3.63, 3.8) is 0 Å².